The molecule has 2 aliphatic rings. The lowest BCUT2D eigenvalue weighted by atomic mass is 9.77. The Labute approximate surface area is 200 Å². The van der Waals surface area contributed by atoms with Gasteiger partial charge in [-0.2, -0.15) is 5.10 Å². The maximum atomic E-state index is 13.1. The Morgan fingerprint density at radius 1 is 1.09 bits per heavy atom. The van der Waals surface area contributed by atoms with Crippen molar-refractivity contribution in [2.45, 2.75) is 58.0 Å². The quantitative estimate of drug-likeness (QED) is 0.573. The molecule has 0 unspecified atom stereocenters. The van der Waals surface area contributed by atoms with Crippen molar-refractivity contribution in [3.05, 3.63) is 42.4 Å². The summed E-state index contributed by atoms with van der Waals surface area (Å²) >= 11 is 0. The molecule has 0 bridgehead atoms. The van der Waals surface area contributed by atoms with Gasteiger partial charge in [-0.05, 0) is 63.1 Å². The first-order valence-corrected chi connectivity index (χ1v) is 12.5. The maximum Gasteiger partial charge on any atom is 0.163 e. The fourth-order valence-corrected chi connectivity index (χ4v) is 5.43. The number of hydrogen-bond donors (Lipinski definition) is 1. The van der Waals surface area contributed by atoms with Gasteiger partial charge in [0.05, 0.1) is 24.7 Å². The minimum Gasteiger partial charge on any atom is -0.494 e. The predicted molar refractivity (Wildman–Crippen MR) is 132 cm³/mol. The molecular weight excluding hydrogens is 428 g/mol. The Balaban J connectivity index is 1.27. The van der Waals surface area contributed by atoms with E-state index in [1.165, 1.54) is 0 Å². The summed E-state index contributed by atoms with van der Waals surface area (Å²) in [6.07, 6.45) is 9.12. The Morgan fingerprint density at radius 2 is 1.85 bits per heavy atom. The molecule has 5 rings (SSSR count). The molecule has 1 aliphatic carbocycles. The van der Waals surface area contributed by atoms with Crippen molar-refractivity contribution in [2.75, 3.05) is 24.6 Å². The van der Waals surface area contributed by atoms with Gasteiger partial charge in [0, 0.05) is 31.0 Å². The van der Waals surface area contributed by atoms with Crippen LogP contribution in [0.1, 0.15) is 51.0 Å². The summed E-state index contributed by atoms with van der Waals surface area (Å²) in [5.41, 5.74) is 7.96. The lowest BCUT2D eigenvalue weighted by Crippen LogP contribution is -2.40. The number of piperidine rings is 1. The molecular formula is C26H34N6O2. The summed E-state index contributed by atoms with van der Waals surface area (Å²) in [4.78, 5) is 24.5. The van der Waals surface area contributed by atoms with Gasteiger partial charge in [0.1, 0.15) is 23.7 Å². The highest BCUT2D eigenvalue weighted by atomic mass is 16.5. The zero-order chi connectivity index (χ0) is 23.5. The normalized spacial score (nSPS) is 21.6. The van der Waals surface area contributed by atoms with Crippen LogP contribution in [0, 0.1) is 11.8 Å². The van der Waals surface area contributed by atoms with Crippen molar-refractivity contribution in [1.29, 1.82) is 0 Å². The van der Waals surface area contributed by atoms with Crippen LogP contribution in [0.2, 0.25) is 0 Å². The largest absolute Gasteiger partial charge is 0.494 e. The molecule has 8 heteroatoms. The second-order valence-electron chi connectivity index (χ2n) is 9.59. The van der Waals surface area contributed by atoms with Gasteiger partial charge >= 0.3 is 0 Å². The van der Waals surface area contributed by atoms with E-state index in [1.54, 1.807) is 6.33 Å². The van der Waals surface area contributed by atoms with Crippen LogP contribution in [0.15, 0.2) is 36.8 Å². The fraction of sp³-hybridized carbons (Fsp3) is 0.538. The van der Waals surface area contributed by atoms with Gasteiger partial charge in [-0.15, -0.1) is 0 Å². The van der Waals surface area contributed by atoms with E-state index in [-0.39, 0.29) is 17.9 Å². The molecule has 0 atom stereocenters. The maximum absolute atomic E-state index is 13.1. The number of rotatable bonds is 7. The van der Waals surface area contributed by atoms with E-state index in [1.807, 2.05) is 36.0 Å². The van der Waals surface area contributed by atoms with E-state index in [9.17, 15) is 4.79 Å². The summed E-state index contributed by atoms with van der Waals surface area (Å²) in [5.74, 6) is 2.60. The van der Waals surface area contributed by atoms with Crippen LogP contribution in [0.4, 0.5) is 5.82 Å². The summed E-state index contributed by atoms with van der Waals surface area (Å²) in [7, 11) is 0. The topological polar surface area (TPSA) is 99.2 Å². The summed E-state index contributed by atoms with van der Waals surface area (Å²) in [6, 6.07) is 8.35. The number of ether oxygens (including phenoxy) is 1. The first-order valence-electron chi connectivity index (χ1n) is 12.5. The zero-order valence-corrected chi connectivity index (χ0v) is 19.9. The standard InChI is InChI=1S/C26H34N6O2/c1-2-34-22-5-3-4-18(14-22)16-32-26-23(15-30-32)25(28-17-29-26)31-12-10-20(11-13-31)24(33)19-6-8-21(27)9-7-19/h3-5,14-15,17,19-21H,2,6-13,16,27H2,1H3. The van der Waals surface area contributed by atoms with E-state index >= 15 is 0 Å². The average molecular weight is 463 g/mol. The zero-order valence-electron chi connectivity index (χ0n) is 19.9. The molecule has 1 aromatic carbocycles. The summed E-state index contributed by atoms with van der Waals surface area (Å²) < 4.78 is 7.54. The smallest absolute Gasteiger partial charge is 0.163 e. The number of Topliss-reactive ketones (excluding diaryl/α,β-unsaturated/α-hetero) is 1. The minimum atomic E-state index is 0.160. The van der Waals surface area contributed by atoms with Crippen LogP contribution >= 0.6 is 0 Å². The fourth-order valence-electron chi connectivity index (χ4n) is 5.43. The number of carbonyl (C=O) groups is 1. The number of carbonyl (C=O) groups excluding carboxylic acids is 1. The van der Waals surface area contributed by atoms with Crippen LogP contribution in [-0.4, -0.2) is 51.3 Å². The summed E-state index contributed by atoms with van der Waals surface area (Å²) in [5, 5.41) is 5.57. The van der Waals surface area contributed by atoms with Gasteiger partial charge in [-0.3, -0.25) is 4.79 Å². The first kappa shape index (κ1) is 22.8. The van der Waals surface area contributed by atoms with E-state index in [0.29, 0.717) is 18.9 Å². The van der Waals surface area contributed by atoms with E-state index in [0.717, 1.165) is 79.8 Å². The van der Waals surface area contributed by atoms with Crippen molar-refractivity contribution in [3.8, 4) is 5.75 Å². The van der Waals surface area contributed by atoms with E-state index in [4.69, 9.17) is 10.5 Å². The number of nitrogens with two attached hydrogens (primary N) is 1. The Hall–Kier alpha value is -3.00. The van der Waals surface area contributed by atoms with Gasteiger partial charge in [-0.1, -0.05) is 12.1 Å². The minimum absolute atomic E-state index is 0.160. The molecule has 0 radical (unpaired) electrons. The van der Waals surface area contributed by atoms with Crippen molar-refractivity contribution in [1.82, 2.24) is 19.7 Å². The molecule has 2 aromatic heterocycles. The third-order valence-corrected chi connectivity index (χ3v) is 7.33. The van der Waals surface area contributed by atoms with Crippen LogP contribution in [0.5, 0.6) is 5.75 Å². The Morgan fingerprint density at radius 3 is 2.62 bits per heavy atom. The molecule has 2 fully saturated rings. The predicted octanol–water partition coefficient (Wildman–Crippen LogP) is 3.58. The Bertz CT molecular complexity index is 1130. The molecule has 180 valence electrons. The van der Waals surface area contributed by atoms with Crippen LogP contribution in [0.3, 0.4) is 0 Å². The number of nitrogens with zero attached hydrogens (tertiary/aromatic N) is 5. The highest BCUT2D eigenvalue weighted by Crippen LogP contribution is 2.32. The number of aromatic nitrogens is 4. The molecule has 3 heterocycles. The number of benzene rings is 1. The number of anilines is 1. The lowest BCUT2D eigenvalue weighted by Gasteiger charge is -2.35. The molecule has 0 amide bonds. The van der Waals surface area contributed by atoms with E-state index < -0.39 is 0 Å². The molecule has 1 saturated heterocycles. The molecule has 8 nitrogen and oxygen atoms in total. The van der Waals surface area contributed by atoms with Gasteiger partial charge in [-0.25, -0.2) is 14.6 Å². The molecule has 3 aromatic rings. The van der Waals surface area contributed by atoms with Gasteiger partial charge in [0.15, 0.2) is 5.65 Å². The average Bonchev–Trinajstić information content (AvgIpc) is 3.27. The second-order valence-corrected chi connectivity index (χ2v) is 9.59. The summed E-state index contributed by atoms with van der Waals surface area (Å²) in [6.45, 7) is 4.90. The van der Waals surface area contributed by atoms with E-state index in [2.05, 4.69) is 26.0 Å². The van der Waals surface area contributed by atoms with Crippen LogP contribution in [-0.2, 0) is 11.3 Å². The lowest BCUT2D eigenvalue weighted by molar-refractivity contribution is -0.128. The first-order chi connectivity index (χ1) is 16.6. The number of ketones is 1. The molecule has 1 aliphatic heterocycles. The SMILES string of the molecule is CCOc1cccc(Cn2ncc3c(N4CCC(C(=O)C5CCC(N)CC5)CC4)ncnc32)c1. The van der Waals surface area contributed by atoms with Gasteiger partial charge in [0.2, 0.25) is 0 Å². The molecule has 1 saturated carbocycles. The Kier molecular flexibility index (Phi) is 6.76. The third kappa shape index (κ3) is 4.78. The van der Waals surface area contributed by atoms with Crippen molar-refractivity contribution < 1.29 is 9.53 Å². The van der Waals surface area contributed by atoms with Crippen LogP contribution in [0.25, 0.3) is 11.0 Å². The third-order valence-electron chi connectivity index (χ3n) is 7.33. The van der Waals surface area contributed by atoms with Crippen LogP contribution < -0.4 is 15.4 Å². The molecule has 0 spiro atoms. The van der Waals surface area contributed by atoms with Gasteiger partial charge < -0.3 is 15.4 Å². The molecule has 34 heavy (non-hydrogen) atoms. The van der Waals surface area contributed by atoms with Crippen molar-refractivity contribution in [3.63, 3.8) is 0 Å². The van der Waals surface area contributed by atoms with Crippen molar-refractivity contribution >= 4 is 22.6 Å². The number of hydrogen-bond acceptors (Lipinski definition) is 7. The number of fused-ring (bicyclic) bond motifs is 1. The van der Waals surface area contributed by atoms with Crippen molar-refractivity contribution in [2.24, 2.45) is 17.6 Å². The highest BCUT2D eigenvalue weighted by Gasteiger charge is 2.33. The molecule has 2 N–H and O–H groups in total. The monoisotopic (exact) mass is 462 g/mol. The van der Waals surface area contributed by atoms with Gasteiger partial charge in [0.25, 0.3) is 0 Å². The second kappa shape index (κ2) is 10.1. The highest BCUT2D eigenvalue weighted by molar-refractivity contribution is 5.87.